The molecule has 0 fully saturated rings. The van der Waals surface area contributed by atoms with E-state index in [1.807, 2.05) is 0 Å². The first-order valence-electron chi connectivity index (χ1n) is 4.92. The summed E-state index contributed by atoms with van der Waals surface area (Å²) < 4.78 is 24.2. The Hall–Kier alpha value is -0.690. The van der Waals surface area contributed by atoms with Crippen LogP contribution in [0, 0.1) is 0 Å². The number of carboxylic acids is 1. The lowest BCUT2D eigenvalue weighted by molar-refractivity contribution is -0.137. The minimum absolute atomic E-state index is 0.00655. The van der Waals surface area contributed by atoms with Crippen LogP contribution in [-0.2, 0) is 14.8 Å². The van der Waals surface area contributed by atoms with Crippen molar-refractivity contribution in [1.82, 2.24) is 0 Å². The lowest BCUT2D eigenvalue weighted by Gasteiger charge is -2.27. The van der Waals surface area contributed by atoms with E-state index in [4.69, 9.17) is 39.9 Å². The number of benzene rings is 1. The molecule has 5 nitrogen and oxygen atoms in total. The number of nitrogens with zero attached hydrogens (tertiary/aromatic N) is 1. The van der Waals surface area contributed by atoms with Gasteiger partial charge in [-0.05, 0) is 19.1 Å². The van der Waals surface area contributed by atoms with E-state index in [0.717, 1.165) is 6.26 Å². The Labute approximate surface area is 125 Å². The topological polar surface area (TPSA) is 74.7 Å². The van der Waals surface area contributed by atoms with Crippen molar-refractivity contribution in [3.05, 3.63) is 27.2 Å². The van der Waals surface area contributed by atoms with Gasteiger partial charge in [-0.15, -0.1) is 0 Å². The van der Waals surface area contributed by atoms with E-state index in [1.54, 1.807) is 0 Å². The predicted molar refractivity (Wildman–Crippen MR) is 75.9 cm³/mol. The second-order valence-electron chi connectivity index (χ2n) is 3.79. The van der Waals surface area contributed by atoms with Gasteiger partial charge < -0.3 is 5.11 Å². The second kappa shape index (κ2) is 5.75. The van der Waals surface area contributed by atoms with Gasteiger partial charge >= 0.3 is 5.97 Å². The molecule has 0 aliphatic carbocycles. The molecule has 1 unspecified atom stereocenters. The molecule has 0 aliphatic rings. The lowest BCUT2D eigenvalue weighted by Crippen LogP contribution is -2.43. The van der Waals surface area contributed by atoms with Crippen LogP contribution in [-0.4, -0.2) is 31.8 Å². The SMILES string of the molecule is CC(C(=O)O)N(c1cc(Cl)c(Cl)cc1Cl)S(C)(=O)=O. The maximum atomic E-state index is 11.8. The molecule has 0 spiro atoms. The van der Waals surface area contributed by atoms with Gasteiger partial charge in [0.1, 0.15) is 6.04 Å². The highest BCUT2D eigenvalue weighted by Gasteiger charge is 2.30. The molecular weight excluding hydrogens is 337 g/mol. The average Bonchev–Trinajstić information content (AvgIpc) is 2.23. The molecule has 1 aromatic rings. The first-order valence-corrected chi connectivity index (χ1v) is 7.90. The van der Waals surface area contributed by atoms with Crippen molar-refractivity contribution in [3.8, 4) is 0 Å². The number of anilines is 1. The van der Waals surface area contributed by atoms with Gasteiger partial charge in [0.2, 0.25) is 10.0 Å². The van der Waals surface area contributed by atoms with E-state index in [2.05, 4.69) is 0 Å². The summed E-state index contributed by atoms with van der Waals surface area (Å²) in [5.41, 5.74) is -0.0338. The molecule has 9 heteroatoms. The number of halogens is 3. The molecular formula is C10H10Cl3NO4S. The molecule has 0 saturated carbocycles. The van der Waals surface area contributed by atoms with Gasteiger partial charge in [0.15, 0.2) is 0 Å². The molecule has 1 atom stereocenters. The van der Waals surface area contributed by atoms with E-state index in [0.29, 0.717) is 4.31 Å². The lowest BCUT2D eigenvalue weighted by atomic mass is 10.2. The fourth-order valence-electron chi connectivity index (χ4n) is 1.46. The Balaban J connectivity index is 3.51. The van der Waals surface area contributed by atoms with Crippen LogP contribution in [0.4, 0.5) is 5.69 Å². The van der Waals surface area contributed by atoms with Crippen LogP contribution in [0.2, 0.25) is 15.1 Å². The van der Waals surface area contributed by atoms with Gasteiger partial charge in [-0.3, -0.25) is 4.31 Å². The molecule has 1 aromatic carbocycles. The van der Waals surface area contributed by atoms with Crippen LogP contribution in [0.5, 0.6) is 0 Å². The zero-order valence-corrected chi connectivity index (χ0v) is 13.0. The molecule has 0 aliphatic heterocycles. The number of carboxylic acid groups (broad SMARTS) is 1. The first-order chi connectivity index (χ1) is 8.55. The number of sulfonamides is 1. The van der Waals surface area contributed by atoms with Crippen LogP contribution < -0.4 is 4.31 Å². The molecule has 19 heavy (non-hydrogen) atoms. The van der Waals surface area contributed by atoms with Gasteiger partial charge in [-0.1, -0.05) is 34.8 Å². The van der Waals surface area contributed by atoms with E-state index in [9.17, 15) is 13.2 Å². The fourth-order valence-corrected chi connectivity index (χ4v) is 3.31. The quantitative estimate of drug-likeness (QED) is 0.851. The summed E-state index contributed by atoms with van der Waals surface area (Å²) in [6, 6.07) is 1.14. The van der Waals surface area contributed by atoms with E-state index in [-0.39, 0.29) is 20.8 Å². The Morgan fingerprint density at radius 1 is 1.21 bits per heavy atom. The summed E-state index contributed by atoms with van der Waals surface area (Å²) in [5.74, 6) is -1.31. The highest BCUT2D eigenvalue weighted by molar-refractivity contribution is 7.92. The number of aliphatic carboxylic acids is 1. The van der Waals surface area contributed by atoms with E-state index < -0.39 is 22.0 Å². The summed E-state index contributed by atoms with van der Waals surface area (Å²) in [5, 5.41) is 9.20. The third-order valence-corrected chi connectivity index (χ3v) is 4.55. The Kier molecular flexibility index (Phi) is 4.95. The Bertz CT molecular complexity index is 617. The maximum Gasteiger partial charge on any atom is 0.327 e. The van der Waals surface area contributed by atoms with Gasteiger partial charge in [-0.2, -0.15) is 0 Å². The molecule has 0 aromatic heterocycles. The first kappa shape index (κ1) is 16.4. The second-order valence-corrected chi connectivity index (χ2v) is 6.87. The summed E-state index contributed by atoms with van der Waals surface area (Å²) in [6.45, 7) is 1.22. The summed E-state index contributed by atoms with van der Waals surface area (Å²) in [7, 11) is -3.85. The zero-order valence-electron chi connectivity index (χ0n) is 9.89. The smallest absolute Gasteiger partial charge is 0.327 e. The van der Waals surface area contributed by atoms with Crippen LogP contribution in [0.25, 0.3) is 0 Å². The minimum atomic E-state index is -3.85. The van der Waals surface area contributed by atoms with Gasteiger partial charge in [0, 0.05) is 0 Å². The molecule has 1 N–H and O–H groups in total. The van der Waals surface area contributed by atoms with Crippen molar-refractivity contribution >= 4 is 56.5 Å². The third-order valence-electron chi connectivity index (χ3n) is 2.29. The standard InChI is InChI=1S/C10H10Cl3NO4S/c1-5(10(15)16)14(19(2,17)18)9-4-7(12)6(11)3-8(9)13/h3-5H,1-2H3,(H,15,16). The molecule has 0 bridgehead atoms. The van der Waals surface area contributed by atoms with Crippen molar-refractivity contribution in [2.24, 2.45) is 0 Å². The molecule has 106 valence electrons. The van der Waals surface area contributed by atoms with Crippen molar-refractivity contribution < 1.29 is 18.3 Å². The maximum absolute atomic E-state index is 11.8. The Morgan fingerprint density at radius 3 is 2.11 bits per heavy atom. The van der Waals surface area contributed by atoms with Crippen LogP contribution in [0.15, 0.2) is 12.1 Å². The minimum Gasteiger partial charge on any atom is -0.480 e. The summed E-state index contributed by atoms with van der Waals surface area (Å²) in [4.78, 5) is 11.0. The molecule has 1 rings (SSSR count). The van der Waals surface area contributed by atoms with Gasteiger partial charge in [-0.25, -0.2) is 13.2 Å². The van der Waals surface area contributed by atoms with Crippen molar-refractivity contribution in [1.29, 1.82) is 0 Å². The average molecular weight is 347 g/mol. The molecule has 0 amide bonds. The number of hydrogen-bond acceptors (Lipinski definition) is 3. The van der Waals surface area contributed by atoms with E-state index >= 15 is 0 Å². The van der Waals surface area contributed by atoms with Crippen molar-refractivity contribution in [2.75, 3.05) is 10.6 Å². The third kappa shape index (κ3) is 3.66. The normalized spacial score (nSPS) is 13.1. The predicted octanol–water partition coefficient (Wildman–Crippen LogP) is 2.89. The monoisotopic (exact) mass is 345 g/mol. The zero-order chi connectivity index (χ0) is 15.0. The molecule has 0 heterocycles. The van der Waals surface area contributed by atoms with Crippen molar-refractivity contribution in [2.45, 2.75) is 13.0 Å². The number of carbonyl (C=O) groups is 1. The molecule has 0 saturated heterocycles. The van der Waals surface area contributed by atoms with Gasteiger partial charge in [0.05, 0.1) is 27.0 Å². The van der Waals surface area contributed by atoms with Crippen molar-refractivity contribution in [3.63, 3.8) is 0 Å². The van der Waals surface area contributed by atoms with Crippen LogP contribution in [0.3, 0.4) is 0 Å². The summed E-state index contributed by atoms with van der Waals surface area (Å²) in [6.07, 6.45) is 0.880. The molecule has 0 radical (unpaired) electrons. The number of hydrogen-bond donors (Lipinski definition) is 1. The largest absolute Gasteiger partial charge is 0.480 e. The number of rotatable bonds is 4. The van der Waals surface area contributed by atoms with Gasteiger partial charge in [0.25, 0.3) is 0 Å². The summed E-state index contributed by atoms with van der Waals surface area (Å²) >= 11 is 17.5. The van der Waals surface area contributed by atoms with Crippen LogP contribution in [0.1, 0.15) is 6.92 Å². The van der Waals surface area contributed by atoms with E-state index in [1.165, 1.54) is 19.1 Å². The highest BCUT2D eigenvalue weighted by atomic mass is 35.5. The Morgan fingerprint density at radius 2 is 1.68 bits per heavy atom. The fraction of sp³-hybridized carbons (Fsp3) is 0.300. The van der Waals surface area contributed by atoms with Crippen LogP contribution >= 0.6 is 34.8 Å². The highest BCUT2D eigenvalue weighted by Crippen LogP contribution is 2.36.